The van der Waals surface area contributed by atoms with Crippen molar-refractivity contribution in [3.63, 3.8) is 0 Å². The lowest BCUT2D eigenvalue weighted by Crippen LogP contribution is -2.30. The zero-order chi connectivity index (χ0) is 18.9. The van der Waals surface area contributed by atoms with Crippen LogP contribution >= 0.6 is 0 Å². The first kappa shape index (κ1) is 19.0. The summed E-state index contributed by atoms with van der Waals surface area (Å²) in [6, 6.07) is 12.3. The van der Waals surface area contributed by atoms with Gasteiger partial charge in [0.25, 0.3) is 0 Å². The molecule has 0 heterocycles. The van der Waals surface area contributed by atoms with Crippen molar-refractivity contribution < 1.29 is 18.7 Å². The van der Waals surface area contributed by atoms with Crippen LogP contribution in [0.25, 0.3) is 0 Å². The Labute approximate surface area is 151 Å². The number of hydrogen-bond donors (Lipinski definition) is 1. The van der Waals surface area contributed by atoms with Crippen LogP contribution in [0.5, 0.6) is 5.75 Å². The predicted molar refractivity (Wildman–Crippen MR) is 93.4 cm³/mol. The second-order valence-corrected chi connectivity index (χ2v) is 5.34. The standard InChI is InChI=1S/C20H17FN2O3/c1-25-20(24)18(23)8-4-5-14-9-10-19(16(11-14)12-22)26-13-15-6-2-3-7-17(15)21/h2-3,6-7,9-11,18H,8,13,23H2,1H3/t18-/m0/s1. The van der Waals surface area contributed by atoms with Crippen molar-refractivity contribution >= 4 is 5.97 Å². The highest BCUT2D eigenvalue weighted by Crippen LogP contribution is 2.21. The maximum absolute atomic E-state index is 13.6. The zero-order valence-electron chi connectivity index (χ0n) is 14.2. The predicted octanol–water partition coefficient (Wildman–Crippen LogP) is 2.52. The Morgan fingerprint density at radius 3 is 2.77 bits per heavy atom. The fraction of sp³-hybridized carbons (Fsp3) is 0.200. The minimum absolute atomic E-state index is 0.0142. The van der Waals surface area contributed by atoms with Crippen molar-refractivity contribution in [3.05, 3.63) is 65.0 Å². The van der Waals surface area contributed by atoms with E-state index < -0.39 is 12.0 Å². The quantitative estimate of drug-likeness (QED) is 0.660. The number of carbonyl (C=O) groups is 1. The number of benzene rings is 2. The molecule has 0 aromatic heterocycles. The van der Waals surface area contributed by atoms with Gasteiger partial charge in [-0.3, -0.25) is 4.79 Å². The maximum atomic E-state index is 13.6. The summed E-state index contributed by atoms with van der Waals surface area (Å²) in [6.07, 6.45) is 0.139. The molecule has 2 rings (SSSR count). The molecule has 0 aliphatic carbocycles. The van der Waals surface area contributed by atoms with E-state index in [2.05, 4.69) is 16.6 Å². The molecule has 6 heteroatoms. The van der Waals surface area contributed by atoms with Gasteiger partial charge in [0.15, 0.2) is 0 Å². The first-order valence-corrected chi connectivity index (χ1v) is 7.77. The van der Waals surface area contributed by atoms with Crippen molar-refractivity contribution in [2.24, 2.45) is 5.73 Å². The fourth-order valence-corrected chi connectivity index (χ4v) is 2.09. The van der Waals surface area contributed by atoms with Gasteiger partial charge in [-0.15, -0.1) is 0 Å². The van der Waals surface area contributed by atoms with Gasteiger partial charge in [0.2, 0.25) is 0 Å². The van der Waals surface area contributed by atoms with Crippen LogP contribution in [0.4, 0.5) is 4.39 Å². The van der Waals surface area contributed by atoms with Gasteiger partial charge in [-0.05, 0) is 24.3 Å². The smallest absolute Gasteiger partial charge is 0.323 e. The molecule has 5 nitrogen and oxygen atoms in total. The van der Waals surface area contributed by atoms with E-state index in [1.54, 1.807) is 36.4 Å². The molecular weight excluding hydrogens is 335 g/mol. The SMILES string of the molecule is COC(=O)[C@@H](N)CC#Cc1ccc(OCc2ccccc2F)c(C#N)c1. The first-order chi connectivity index (χ1) is 12.5. The molecule has 2 N–H and O–H groups in total. The number of esters is 1. The van der Waals surface area contributed by atoms with Gasteiger partial charge in [0.05, 0.1) is 12.7 Å². The molecule has 0 fully saturated rings. The number of halogens is 1. The van der Waals surface area contributed by atoms with Crippen LogP contribution in [0, 0.1) is 29.0 Å². The van der Waals surface area contributed by atoms with Crippen molar-refractivity contribution in [3.8, 4) is 23.7 Å². The molecule has 1 atom stereocenters. The van der Waals surface area contributed by atoms with Gasteiger partial charge < -0.3 is 15.2 Å². The van der Waals surface area contributed by atoms with Gasteiger partial charge in [-0.2, -0.15) is 5.26 Å². The lowest BCUT2D eigenvalue weighted by Gasteiger charge is -2.09. The second kappa shape index (κ2) is 9.22. The molecule has 0 unspecified atom stereocenters. The molecule has 0 bridgehead atoms. The Balaban J connectivity index is 2.07. The van der Waals surface area contributed by atoms with Crippen molar-refractivity contribution in [1.29, 1.82) is 5.26 Å². The summed E-state index contributed by atoms with van der Waals surface area (Å²) in [4.78, 5) is 11.2. The fourth-order valence-electron chi connectivity index (χ4n) is 2.09. The summed E-state index contributed by atoms with van der Waals surface area (Å²) in [6.45, 7) is 0.0142. The average Bonchev–Trinajstić information content (AvgIpc) is 2.67. The van der Waals surface area contributed by atoms with Crippen molar-refractivity contribution in [1.82, 2.24) is 0 Å². The highest BCUT2D eigenvalue weighted by atomic mass is 19.1. The molecule has 132 valence electrons. The molecule has 0 spiro atoms. The largest absolute Gasteiger partial charge is 0.487 e. The molecule has 0 amide bonds. The third-order valence-electron chi connectivity index (χ3n) is 3.50. The minimum Gasteiger partial charge on any atom is -0.487 e. The number of nitrogens with two attached hydrogens (primary N) is 1. The van der Waals surface area contributed by atoms with Crippen LogP contribution in [-0.2, 0) is 16.1 Å². The molecule has 26 heavy (non-hydrogen) atoms. The van der Waals surface area contributed by atoms with Crippen LogP contribution in [0.15, 0.2) is 42.5 Å². The third kappa shape index (κ3) is 5.07. The number of nitrogens with zero attached hydrogens (tertiary/aromatic N) is 1. The third-order valence-corrected chi connectivity index (χ3v) is 3.50. The Hall–Kier alpha value is -3.35. The van der Waals surface area contributed by atoms with Crippen LogP contribution in [0.1, 0.15) is 23.1 Å². The van der Waals surface area contributed by atoms with Gasteiger partial charge in [-0.1, -0.05) is 30.0 Å². The Kier molecular flexibility index (Phi) is 6.73. The minimum atomic E-state index is -0.814. The van der Waals surface area contributed by atoms with E-state index in [4.69, 9.17) is 10.5 Å². The molecule has 0 aliphatic heterocycles. The summed E-state index contributed by atoms with van der Waals surface area (Å²) >= 11 is 0. The molecule has 0 aliphatic rings. The number of rotatable bonds is 5. The number of ether oxygens (including phenoxy) is 2. The zero-order valence-corrected chi connectivity index (χ0v) is 14.2. The van der Waals surface area contributed by atoms with E-state index in [0.29, 0.717) is 16.9 Å². The van der Waals surface area contributed by atoms with E-state index >= 15 is 0 Å². The molecule has 0 radical (unpaired) electrons. The summed E-state index contributed by atoms with van der Waals surface area (Å²) in [7, 11) is 1.26. The lowest BCUT2D eigenvalue weighted by molar-refractivity contribution is -0.142. The monoisotopic (exact) mass is 352 g/mol. The number of carbonyl (C=O) groups excluding carboxylic acids is 1. The van der Waals surface area contributed by atoms with Crippen LogP contribution < -0.4 is 10.5 Å². The van der Waals surface area contributed by atoms with E-state index in [1.165, 1.54) is 13.2 Å². The summed E-state index contributed by atoms with van der Waals surface area (Å²) < 4.78 is 23.7. The van der Waals surface area contributed by atoms with Crippen molar-refractivity contribution in [2.45, 2.75) is 19.1 Å². The van der Waals surface area contributed by atoms with Crippen LogP contribution in [0.2, 0.25) is 0 Å². The molecule has 2 aromatic carbocycles. The van der Waals surface area contributed by atoms with Crippen LogP contribution in [-0.4, -0.2) is 19.1 Å². The lowest BCUT2D eigenvalue weighted by atomic mass is 10.1. The molecular formula is C20H17FN2O3. The highest BCUT2D eigenvalue weighted by molar-refractivity contribution is 5.75. The number of methoxy groups -OCH3 is 1. The highest BCUT2D eigenvalue weighted by Gasteiger charge is 2.11. The molecule has 0 saturated carbocycles. The van der Waals surface area contributed by atoms with E-state index in [1.807, 2.05) is 6.07 Å². The maximum Gasteiger partial charge on any atom is 0.323 e. The Morgan fingerprint density at radius 2 is 2.08 bits per heavy atom. The van der Waals surface area contributed by atoms with Gasteiger partial charge in [0, 0.05) is 17.5 Å². The number of hydrogen-bond acceptors (Lipinski definition) is 5. The van der Waals surface area contributed by atoms with Crippen molar-refractivity contribution in [2.75, 3.05) is 7.11 Å². The average molecular weight is 352 g/mol. The summed E-state index contributed by atoms with van der Waals surface area (Å²) in [5, 5.41) is 9.28. The molecule has 0 saturated heterocycles. The van der Waals surface area contributed by atoms with E-state index in [0.717, 1.165) is 0 Å². The van der Waals surface area contributed by atoms with Gasteiger partial charge >= 0.3 is 5.97 Å². The normalized spacial score (nSPS) is 10.8. The second-order valence-electron chi connectivity index (χ2n) is 5.34. The number of nitriles is 1. The van der Waals surface area contributed by atoms with Gasteiger partial charge in [-0.25, -0.2) is 4.39 Å². The summed E-state index contributed by atoms with van der Waals surface area (Å²) in [5.41, 5.74) is 6.86. The van der Waals surface area contributed by atoms with E-state index in [9.17, 15) is 14.4 Å². The molecule has 2 aromatic rings. The van der Waals surface area contributed by atoms with E-state index in [-0.39, 0.29) is 24.4 Å². The Bertz CT molecular complexity index is 894. The summed E-state index contributed by atoms with van der Waals surface area (Å²) in [5.74, 6) is 5.05. The Morgan fingerprint density at radius 1 is 1.31 bits per heavy atom. The van der Waals surface area contributed by atoms with Crippen LogP contribution in [0.3, 0.4) is 0 Å². The first-order valence-electron chi connectivity index (χ1n) is 7.77. The van der Waals surface area contributed by atoms with Gasteiger partial charge in [0.1, 0.15) is 30.3 Å². The topological polar surface area (TPSA) is 85.3 Å².